The summed E-state index contributed by atoms with van der Waals surface area (Å²) in [4.78, 5) is 24.5. The van der Waals surface area contributed by atoms with Crippen molar-refractivity contribution in [2.75, 3.05) is 13.2 Å². The molecule has 0 aromatic carbocycles. The van der Waals surface area contributed by atoms with Crippen molar-refractivity contribution >= 4 is 11.9 Å². The zero-order valence-corrected chi connectivity index (χ0v) is 47.5. The van der Waals surface area contributed by atoms with Crippen molar-refractivity contribution in [1.82, 2.24) is 5.32 Å². The van der Waals surface area contributed by atoms with Gasteiger partial charge in [0.25, 0.3) is 0 Å². The normalized spacial score (nSPS) is 12.9. The molecule has 1 amide bonds. The first-order chi connectivity index (χ1) is 35.0. The van der Waals surface area contributed by atoms with Crippen LogP contribution >= 0.6 is 0 Å². The van der Waals surface area contributed by atoms with Crippen LogP contribution in [0.2, 0.25) is 0 Å². The molecule has 0 bridgehead atoms. The number of esters is 1. The lowest BCUT2D eigenvalue weighted by atomic mass is 10.0. The molecule has 2 unspecified atom stereocenters. The number of aliphatic hydroxyl groups excluding tert-OH is 2. The first-order valence-electron chi connectivity index (χ1n) is 31.4. The van der Waals surface area contributed by atoms with Gasteiger partial charge in [-0.3, -0.25) is 9.59 Å². The molecule has 0 aliphatic carbocycles. The zero-order valence-electron chi connectivity index (χ0n) is 47.5. The highest BCUT2D eigenvalue weighted by Crippen LogP contribution is 2.16. The van der Waals surface area contributed by atoms with Gasteiger partial charge in [0.1, 0.15) is 0 Å². The molecule has 416 valence electrons. The molecule has 6 heteroatoms. The van der Waals surface area contributed by atoms with E-state index in [0.29, 0.717) is 19.4 Å². The highest BCUT2D eigenvalue weighted by molar-refractivity contribution is 5.76. The maximum Gasteiger partial charge on any atom is 0.305 e. The molecule has 3 N–H and O–H groups in total. The van der Waals surface area contributed by atoms with Crippen LogP contribution in [0.15, 0.2) is 48.6 Å². The molecule has 0 rings (SSSR count). The van der Waals surface area contributed by atoms with Gasteiger partial charge in [-0.25, -0.2) is 0 Å². The van der Waals surface area contributed by atoms with Crippen molar-refractivity contribution in [1.29, 1.82) is 0 Å². The molecule has 0 aliphatic heterocycles. The summed E-state index contributed by atoms with van der Waals surface area (Å²) < 4.78 is 5.49. The molecule has 0 radical (unpaired) electrons. The van der Waals surface area contributed by atoms with Crippen LogP contribution < -0.4 is 5.32 Å². The monoisotopic (exact) mass is 996 g/mol. The Kier molecular flexibility index (Phi) is 58.5. The number of carbonyl (C=O) groups is 2. The van der Waals surface area contributed by atoms with Crippen LogP contribution in [-0.4, -0.2) is 47.4 Å². The Morgan fingerprint density at radius 1 is 0.394 bits per heavy atom. The van der Waals surface area contributed by atoms with E-state index in [4.69, 9.17) is 4.74 Å². The number of aliphatic hydroxyl groups is 2. The smallest absolute Gasteiger partial charge is 0.305 e. The highest BCUT2D eigenvalue weighted by Gasteiger charge is 2.18. The minimum Gasteiger partial charge on any atom is -0.466 e. The molecule has 71 heavy (non-hydrogen) atoms. The maximum absolute atomic E-state index is 12.4. The Hall–Kier alpha value is -2.18. The SMILES string of the molecule is CCCCCCCC/C=C\CCCCCCCCCC(=O)OCCCCCCCCCCC/C=C\C/C=C\CCCCCCCCCCCC(=O)NC(CO)C(O)/C=C/CCCCCCCCCCCC. The molecule has 6 nitrogen and oxygen atoms in total. The molecule has 0 spiro atoms. The van der Waals surface area contributed by atoms with E-state index >= 15 is 0 Å². The molecule has 0 saturated heterocycles. The Labute approximate surface area is 442 Å². The predicted octanol–water partition coefficient (Wildman–Crippen LogP) is 19.7. The van der Waals surface area contributed by atoms with Crippen LogP contribution in [0.25, 0.3) is 0 Å². The molecule has 0 saturated carbocycles. The molecule has 2 atom stereocenters. The number of rotatable bonds is 58. The largest absolute Gasteiger partial charge is 0.466 e. The van der Waals surface area contributed by atoms with Crippen molar-refractivity contribution in [2.24, 2.45) is 0 Å². The molecule has 0 aromatic heterocycles. The van der Waals surface area contributed by atoms with Crippen molar-refractivity contribution in [3.63, 3.8) is 0 Å². The van der Waals surface area contributed by atoms with Gasteiger partial charge in [0, 0.05) is 12.8 Å². The summed E-state index contributed by atoms with van der Waals surface area (Å²) in [7, 11) is 0. The second-order valence-electron chi connectivity index (χ2n) is 21.4. The van der Waals surface area contributed by atoms with Gasteiger partial charge in [-0.15, -0.1) is 0 Å². The fraction of sp³-hybridized carbons (Fsp3) is 0.846. The van der Waals surface area contributed by atoms with Crippen LogP contribution in [0.5, 0.6) is 0 Å². The molecule has 0 aromatic rings. The standard InChI is InChI=1S/C65H121NO5/c1-3-5-7-9-11-13-15-17-18-28-32-35-39-43-47-51-55-59-65(70)71-60-56-52-48-44-40-36-33-30-27-25-23-21-19-20-22-24-26-29-31-34-38-42-46-50-54-58-64(69)66-62(61-67)63(68)57-53-49-45-41-37-16-14-12-10-8-6-4-2/h17-18,20-23,53,57,62-63,67-68H,3-16,19,24-52,54-56,58-61H2,1-2H3,(H,66,69)/b18-17-,22-20-,23-21-,57-53+. The quantitative estimate of drug-likeness (QED) is 0.0321. The summed E-state index contributed by atoms with van der Waals surface area (Å²) in [5.41, 5.74) is 0. The van der Waals surface area contributed by atoms with Crippen LogP contribution in [0.4, 0.5) is 0 Å². The third-order valence-corrected chi connectivity index (χ3v) is 14.3. The number of hydrogen-bond donors (Lipinski definition) is 3. The van der Waals surface area contributed by atoms with E-state index in [9.17, 15) is 19.8 Å². The van der Waals surface area contributed by atoms with Crippen molar-refractivity contribution in [3.8, 4) is 0 Å². The number of carbonyl (C=O) groups excluding carboxylic acids is 2. The minimum atomic E-state index is -0.848. The summed E-state index contributed by atoms with van der Waals surface area (Å²) >= 11 is 0. The molecule has 0 fully saturated rings. The van der Waals surface area contributed by atoms with Gasteiger partial charge in [-0.1, -0.05) is 274 Å². The van der Waals surface area contributed by atoms with E-state index in [1.54, 1.807) is 6.08 Å². The van der Waals surface area contributed by atoms with E-state index in [0.717, 1.165) is 51.4 Å². The van der Waals surface area contributed by atoms with Gasteiger partial charge >= 0.3 is 5.97 Å². The summed E-state index contributed by atoms with van der Waals surface area (Å²) in [5.74, 6) is -0.0700. The predicted molar refractivity (Wildman–Crippen MR) is 310 cm³/mol. The van der Waals surface area contributed by atoms with Crippen LogP contribution in [0.3, 0.4) is 0 Å². The Balaban J connectivity index is 3.43. The van der Waals surface area contributed by atoms with E-state index in [1.165, 1.54) is 250 Å². The van der Waals surface area contributed by atoms with Gasteiger partial charge in [0.2, 0.25) is 5.91 Å². The lowest BCUT2D eigenvalue weighted by molar-refractivity contribution is -0.143. The average molecular weight is 997 g/mol. The number of hydrogen-bond acceptors (Lipinski definition) is 5. The summed E-state index contributed by atoms with van der Waals surface area (Å²) in [6.45, 7) is 4.89. The molecular weight excluding hydrogens is 875 g/mol. The highest BCUT2D eigenvalue weighted by atomic mass is 16.5. The summed E-state index contributed by atoms with van der Waals surface area (Å²) in [6.07, 6.45) is 77.3. The number of amides is 1. The lowest BCUT2D eigenvalue weighted by Crippen LogP contribution is -2.45. The first-order valence-corrected chi connectivity index (χ1v) is 31.4. The van der Waals surface area contributed by atoms with Gasteiger partial charge in [-0.05, 0) is 89.9 Å². The summed E-state index contributed by atoms with van der Waals surface area (Å²) in [6, 6.07) is -0.632. The number of nitrogens with one attached hydrogen (secondary N) is 1. The minimum absolute atomic E-state index is 0.00490. The Morgan fingerprint density at radius 3 is 1.08 bits per heavy atom. The third kappa shape index (κ3) is 57.0. The van der Waals surface area contributed by atoms with Crippen LogP contribution in [0, 0.1) is 0 Å². The van der Waals surface area contributed by atoms with Gasteiger partial charge in [-0.2, -0.15) is 0 Å². The van der Waals surface area contributed by atoms with Crippen molar-refractivity contribution in [3.05, 3.63) is 48.6 Å². The van der Waals surface area contributed by atoms with Crippen molar-refractivity contribution < 1.29 is 24.5 Å². The number of allylic oxidation sites excluding steroid dienone is 7. The average Bonchev–Trinajstić information content (AvgIpc) is 3.37. The molecule has 0 aliphatic rings. The Morgan fingerprint density at radius 2 is 0.704 bits per heavy atom. The maximum atomic E-state index is 12.4. The third-order valence-electron chi connectivity index (χ3n) is 14.3. The zero-order chi connectivity index (χ0) is 51.4. The molecule has 0 heterocycles. The second-order valence-corrected chi connectivity index (χ2v) is 21.4. The van der Waals surface area contributed by atoms with Gasteiger partial charge in [0.15, 0.2) is 0 Å². The van der Waals surface area contributed by atoms with E-state index in [2.05, 4.69) is 55.6 Å². The van der Waals surface area contributed by atoms with E-state index in [-0.39, 0.29) is 18.5 Å². The first kappa shape index (κ1) is 68.8. The lowest BCUT2D eigenvalue weighted by Gasteiger charge is -2.20. The molecular formula is C65H121NO5. The van der Waals surface area contributed by atoms with Crippen LogP contribution in [-0.2, 0) is 14.3 Å². The van der Waals surface area contributed by atoms with E-state index in [1.807, 2.05) is 6.08 Å². The second kappa shape index (κ2) is 60.4. The fourth-order valence-electron chi connectivity index (χ4n) is 9.48. The summed E-state index contributed by atoms with van der Waals surface area (Å²) in [5, 5.41) is 23.0. The fourth-order valence-corrected chi connectivity index (χ4v) is 9.48. The topological polar surface area (TPSA) is 95.9 Å². The number of ether oxygens (including phenoxy) is 1. The van der Waals surface area contributed by atoms with Gasteiger partial charge < -0.3 is 20.3 Å². The Bertz CT molecular complexity index is 1190. The van der Waals surface area contributed by atoms with Gasteiger partial charge in [0.05, 0.1) is 25.4 Å². The van der Waals surface area contributed by atoms with E-state index < -0.39 is 12.1 Å². The van der Waals surface area contributed by atoms with Crippen molar-refractivity contribution in [2.45, 2.75) is 341 Å². The van der Waals surface area contributed by atoms with Crippen LogP contribution in [0.1, 0.15) is 328 Å². The number of unbranched alkanes of at least 4 members (excludes halogenated alkanes) is 41.